The van der Waals surface area contributed by atoms with Gasteiger partial charge in [0, 0.05) is 40.9 Å². The molecule has 0 unspecified atom stereocenters. The molecule has 6 rings (SSSR count). The molecular weight excluding hydrogens is 418 g/mol. The normalized spacial score (nSPS) is 14.7. The van der Waals surface area contributed by atoms with E-state index in [-0.39, 0.29) is 4.90 Å². The number of imidazole rings is 1. The number of anilines is 2. The third-order valence-corrected chi connectivity index (χ3v) is 7.38. The fourth-order valence-corrected chi connectivity index (χ4v) is 5.76. The van der Waals surface area contributed by atoms with Crippen LogP contribution in [-0.4, -0.2) is 27.9 Å². The lowest BCUT2D eigenvalue weighted by atomic mass is 10.1. The van der Waals surface area contributed by atoms with E-state index in [2.05, 4.69) is 20.3 Å². The van der Waals surface area contributed by atoms with E-state index in [1.807, 2.05) is 35.8 Å². The van der Waals surface area contributed by atoms with Gasteiger partial charge in [-0.25, -0.2) is 18.4 Å². The lowest BCUT2D eigenvalue weighted by Crippen LogP contribution is -1.98. The fraction of sp³-hybridized carbons (Fsp3) is 0. The molecule has 3 aromatic heterocycles. The summed E-state index contributed by atoms with van der Waals surface area (Å²) >= 11 is 1.59. The molecule has 0 aliphatic carbocycles. The molecule has 30 heavy (non-hydrogen) atoms. The van der Waals surface area contributed by atoms with Crippen LogP contribution in [0.25, 0.3) is 26.8 Å². The number of nitrogens with zero attached hydrogens (tertiary/aromatic N) is 4. The van der Waals surface area contributed by atoms with Crippen molar-refractivity contribution in [3.05, 3.63) is 77.8 Å². The van der Waals surface area contributed by atoms with E-state index >= 15 is 0 Å². The van der Waals surface area contributed by atoms with Gasteiger partial charge in [-0.1, -0.05) is 0 Å². The van der Waals surface area contributed by atoms with Crippen LogP contribution in [0.5, 0.6) is 0 Å². The van der Waals surface area contributed by atoms with Gasteiger partial charge in [0.05, 0.1) is 43.6 Å². The molecule has 9 heteroatoms. The highest BCUT2D eigenvalue weighted by Gasteiger charge is 2.29. The molecule has 7 nitrogen and oxygen atoms in total. The Balaban J connectivity index is 1.50. The second-order valence-corrected chi connectivity index (χ2v) is 9.55. The Morgan fingerprint density at radius 2 is 1.93 bits per heavy atom. The minimum absolute atomic E-state index is 0.268. The number of sulfone groups is 1. The first-order valence-electron chi connectivity index (χ1n) is 9.07. The van der Waals surface area contributed by atoms with E-state index in [0.29, 0.717) is 16.8 Å². The first kappa shape index (κ1) is 17.3. The first-order chi connectivity index (χ1) is 14.6. The Labute approximate surface area is 175 Å². The number of pyridine rings is 1. The van der Waals surface area contributed by atoms with E-state index in [9.17, 15) is 8.42 Å². The largest absolute Gasteiger partial charge is 0.355 e. The van der Waals surface area contributed by atoms with Crippen molar-refractivity contribution in [2.75, 3.05) is 5.32 Å². The highest BCUT2D eigenvalue weighted by molar-refractivity contribution is 7.95. The molecule has 2 aromatic carbocycles. The van der Waals surface area contributed by atoms with Crippen LogP contribution in [0.2, 0.25) is 0 Å². The van der Waals surface area contributed by atoms with Gasteiger partial charge in [-0.05, 0) is 36.4 Å². The molecule has 0 saturated carbocycles. The molecule has 0 radical (unpaired) electrons. The van der Waals surface area contributed by atoms with Gasteiger partial charge in [0.2, 0.25) is 9.84 Å². The number of rotatable bonds is 3. The summed E-state index contributed by atoms with van der Waals surface area (Å²) in [4.78, 5) is 13.1. The van der Waals surface area contributed by atoms with Gasteiger partial charge in [0.25, 0.3) is 0 Å². The number of nitrogens with one attached hydrogen (secondary N) is 1. The average molecular weight is 432 g/mol. The Morgan fingerprint density at radius 1 is 1.00 bits per heavy atom. The van der Waals surface area contributed by atoms with Gasteiger partial charge in [-0.2, -0.15) is 0 Å². The molecule has 0 saturated heterocycles. The summed E-state index contributed by atoms with van der Waals surface area (Å²) in [7, 11) is -3.56. The van der Waals surface area contributed by atoms with E-state index in [0.717, 1.165) is 27.0 Å². The summed E-state index contributed by atoms with van der Waals surface area (Å²) < 4.78 is 28.5. The molecule has 1 aliphatic rings. The van der Waals surface area contributed by atoms with Crippen LogP contribution in [0.4, 0.5) is 11.4 Å². The molecule has 0 amide bonds. The second-order valence-electron chi connectivity index (χ2n) is 6.90. The topological polar surface area (TPSA) is 89.8 Å². The number of aromatic nitrogens is 4. The molecule has 146 valence electrons. The highest BCUT2D eigenvalue weighted by atomic mass is 32.2. The third-order valence-electron chi connectivity index (χ3n) is 5.08. The third kappa shape index (κ3) is 2.63. The van der Waals surface area contributed by atoms with E-state index < -0.39 is 9.84 Å². The molecule has 0 fully saturated rings. The SMILES string of the molecule is O=S1(=O)C=C(n2ccnc2)c2cc3nccc(Nc4ccc5scnc5c4)c3cc21. The van der Waals surface area contributed by atoms with Crippen molar-refractivity contribution < 1.29 is 8.42 Å². The average Bonchev–Trinajstić information content (AvgIpc) is 3.47. The number of hydrogen-bond donors (Lipinski definition) is 1. The van der Waals surface area contributed by atoms with E-state index in [4.69, 9.17) is 0 Å². The molecule has 1 aliphatic heterocycles. The standard InChI is InChI=1S/C21H13N5O2S2/c27-30(28)10-19(26-6-5-22-11-26)15-8-17-14(9-21(15)30)16(3-4-23-17)25-13-1-2-20-18(7-13)24-12-29-20/h1-12H,(H,23,25). The van der Waals surface area contributed by atoms with Gasteiger partial charge in [-0.15, -0.1) is 11.3 Å². The Kier molecular flexibility index (Phi) is 3.59. The number of fused-ring (bicyclic) bond motifs is 3. The van der Waals surface area contributed by atoms with Crippen molar-refractivity contribution in [2.45, 2.75) is 4.90 Å². The molecular formula is C21H13N5O2S2. The van der Waals surface area contributed by atoms with Crippen molar-refractivity contribution in [1.82, 2.24) is 19.5 Å². The zero-order valence-corrected chi connectivity index (χ0v) is 17.0. The van der Waals surface area contributed by atoms with Crippen LogP contribution in [0.3, 0.4) is 0 Å². The summed E-state index contributed by atoms with van der Waals surface area (Å²) in [6.45, 7) is 0. The van der Waals surface area contributed by atoms with Crippen molar-refractivity contribution in [3.63, 3.8) is 0 Å². The molecule has 4 heterocycles. The quantitative estimate of drug-likeness (QED) is 0.455. The minimum atomic E-state index is -3.56. The Bertz CT molecular complexity index is 1580. The van der Waals surface area contributed by atoms with Crippen molar-refractivity contribution in [2.24, 2.45) is 0 Å². The van der Waals surface area contributed by atoms with Gasteiger partial charge in [0.1, 0.15) is 0 Å². The van der Waals surface area contributed by atoms with E-state index in [1.165, 1.54) is 5.41 Å². The number of thiazole rings is 1. The van der Waals surface area contributed by atoms with Crippen LogP contribution in [-0.2, 0) is 9.84 Å². The fourth-order valence-electron chi connectivity index (χ4n) is 3.68. The number of benzene rings is 2. The van der Waals surface area contributed by atoms with Gasteiger partial charge < -0.3 is 9.88 Å². The maximum absolute atomic E-state index is 12.8. The maximum atomic E-state index is 12.8. The minimum Gasteiger partial charge on any atom is -0.355 e. The molecule has 0 spiro atoms. The summed E-state index contributed by atoms with van der Waals surface area (Å²) in [5.41, 5.74) is 6.28. The summed E-state index contributed by atoms with van der Waals surface area (Å²) in [5.74, 6) is 0. The molecule has 0 bridgehead atoms. The smallest absolute Gasteiger partial charge is 0.202 e. The molecule has 0 atom stereocenters. The summed E-state index contributed by atoms with van der Waals surface area (Å²) in [5, 5.41) is 5.40. The zero-order chi connectivity index (χ0) is 20.3. The Hall–Kier alpha value is -3.56. The lowest BCUT2D eigenvalue weighted by molar-refractivity contribution is 0.605. The summed E-state index contributed by atoms with van der Waals surface area (Å²) in [6.07, 6.45) is 6.63. The second kappa shape index (κ2) is 6.22. The number of hydrogen-bond acceptors (Lipinski definition) is 7. The highest BCUT2D eigenvalue weighted by Crippen LogP contribution is 2.38. The van der Waals surface area contributed by atoms with Crippen LogP contribution in [0, 0.1) is 0 Å². The van der Waals surface area contributed by atoms with Crippen molar-refractivity contribution in [1.29, 1.82) is 0 Å². The van der Waals surface area contributed by atoms with Crippen LogP contribution >= 0.6 is 11.3 Å². The van der Waals surface area contributed by atoms with Crippen molar-refractivity contribution in [3.8, 4) is 0 Å². The molecule has 5 aromatic rings. The van der Waals surface area contributed by atoms with Crippen LogP contribution in [0.15, 0.2) is 77.1 Å². The Morgan fingerprint density at radius 3 is 2.80 bits per heavy atom. The van der Waals surface area contributed by atoms with E-state index in [1.54, 1.807) is 46.9 Å². The van der Waals surface area contributed by atoms with Crippen LogP contribution < -0.4 is 5.32 Å². The lowest BCUT2D eigenvalue weighted by Gasteiger charge is -2.12. The van der Waals surface area contributed by atoms with Gasteiger partial charge in [-0.3, -0.25) is 4.98 Å². The monoisotopic (exact) mass is 431 g/mol. The van der Waals surface area contributed by atoms with Gasteiger partial charge >= 0.3 is 0 Å². The first-order valence-corrected chi connectivity index (χ1v) is 11.5. The van der Waals surface area contributed by atoms with Crippen LogP contribution in [0.1, 0.15) is 5.56 Å². The maximum Gasteiger partial charge on any atom is 0.202 e. The summed E-state index contributed by atoms with van der Waals surface area (Å²) in [6, 6.07) is 11.3. The van der Waals surface area contributed by atoms with Gasteiger partial charge in [0.15, 0.2) is 0 Å². The van der Waals surface area contributed by atoms with Crippen molar-refractivity contribution >= 4 is 59.4 Å². The molecule has 1 N–H and O–H groups in total. The predicted molar refractivity (Wildman–Crippen MR) is 117 cm³/mol. The zero-order valence-electron chi connectivity index (χ0n) is 15.4. The predicted octanol–water partition coefficient (Wildman–Crippen LogP) is 4.42.